The number of carbonyl (C=O) groups is 1. The predicted molar refractivity (Wildman–Crippen MR) is 61.3 cm³/mol. The van der Waals surface area contributed by atoms with Crippen molar-refractivity contribution < 1.29 is 19.8 Å². The van der Waals surface area contributed by atoms with E-state index in [2.05, 4.69) is 0 Å². The summed E-state index contributed by atoms with van der Waals surface area (Å²) < 4.78 is 4.73. The lowest BCUT2D eigenvalue weighted by Crippen LogP contribution is -2.54. The summed E-state index contributed by atoms with van der Waals surface area (Å²) >= 11 is 0. The number of aliphatic hydroxyl groups is 1. The van der Waals surface area contributed by atoms with Crippen LogP contribution in [0.5, 0.6) is 0 Å². The van der Waals surface area contributed by atoms with E-state index in [0.29, 0.717) is 16.3 Å². The maximum atomic E-state index is 11.6. The quantitative estimate of drug-likeness (QED) is 0.753. The number of fused-ring (bicyclic) bond motifs is 1. The molecular formula is C12H13NO4. The molecule has 0 saturated heterocycles. The number of rotatable bonds is 2. The van der Waals surface area contributed by atoms with Crippen molar-refractivity contribution in [3.8, 4) is 0 Å². The number of carbonyl (C=O) groups excluding carboxylic acids is 1. The summed E-state index contributed by atoms with van der Waals surface area (Å²) in [7, 11) is 0. The van der Waals surface area contributed by atoms with Crippen molar-refractivity contribution >= 4 is 17.7 Å². The molecule has 1 atom stereocenters. The van der Waals surface area contributed by atoms with Crippen molar-refractivity contribution in [2.45, 2.75) is 12.6 Å². The predicted octanol–water partition coefficient (Wildman–Crippen LogP) is 1.16. The molecule has 5 heteroatoms. The average Bonchev–Trinajstić information content (AvgIpc) is 2.35. The van der Waals surface area contributed by atoms with Crippen molar-refractivity contribution in [2.24, 2.45) is 0 Å². The van der Waals surface area contributed by atoms with Crippen LogP contribution in [0.1, 0.15) is 12.5 Å². The Kier molecular flexibility index (Phi) is 2.87. The van der Waals surface area contributed by atoms with Gasteiger partial charge >= 0.3 is 5.97 Å². The van der Waals surface area contributed by atoms with Gasteiger partial charge in [-0.25, -0.2) is 9.86 Å². The number of para-hydroxylation sites is 1. The van der Waals surface area contributed by atoms with Gasteiger partial charge in [0.25, 0.3) is 5.72 Å². The summed E-state index contributed by atoms with van der Waals surface area (Å²) in [6.07, 6.45) is 2.77. The Morgan fingerprint density at radius 3 is 2.88 bits per heavy atom. The highest BCUT2D eigenvalue weighted by molar-refractivity contribution is 5.90. The van der Waals surface area contributed by atoms with Gasteiger partial charge in [-0.2, -0.15) is 0 Å². The molecule has 0 spiro atoms. The lowest BCUT2D eigenvalue weighted by Gasteiger charge is -2.35. The third kappa shape index (κ3) is 1.79. The van der Waals surface area contributed by atoms with Gasteiger partial charge in [-0.1, -0.05) is 24.3 Å². The second kappa shape index (κ2) is 4.20. The van der Waals surface area contributed by atoms with Gasteiger partial charge in [-0.3, -0.25) is 5.21 Å². The minimum atomic E-state index is -2.16. The van der Waals surface area contributed by atoms with Crippen LogP contribution >= 0.6 is 0 Å². The second-order valence-corrected chi connectivity index (χ2v) is 3.65. The lowest BCUT2D eigenvalue weighted by atomic mass is 10.0. The maximum Gasteiger partial charge on any atom is 0.366 e. The normalized spacial score (nSPS) is 22.2. The summed E-state index contributed by atoms with van der Waals surface area (Å²) in [6.45, 7) is 1.76. The van der Waals surface area contributed by atoms with Crippen LogP contribution in [0.2, 0.25) is 0 Å². The van der Waals surface area contributed by atoms with Crippen LogP contribution in [0.15, 0.2) is 30.3 Å². The molecule has 1 heterocycles. The van der Waals surface area contributed by atoms with Gasteiger partial charge in [-0.05, 0) is 19.1 Å². The molecule has 0 fully saturated rings. The minimum absolute atomic E-state index is 0.129. The number of benzene rings is 1. The van der Waals surface area contributed by atoms with E-state index in [4.69, 9.17) is 4.74 Å². The van der Waals surface area contributed by atoms with Gasteiger partial charge < -0.3 is 9.84 Å². The Balaban J connectivity index is 2.40. The average molecular weight is 235 g/mol. The molecule has 0 aromatic heterocycles. The van der Waals surface area contributed by atoms with E-state index in [1.54, 1.807) is 37.3 Å². The summed E-state index contributed by atoms with van der Waals surface area (Å²) in [5.74, 6) is -0.909. The van der Waals surface area contributed by atoms with E-state index in [1.165, 1.54) is 6.08 Å². The molecule has 5 nitrogen and oxygen atoms in total. The molecule has 0 radical (unpaired) electrons. The lowest BCUT2D eigenvalue weighted by molar-refractivity contribution is -0.165. The molecule has 0 aliphatic carbocycles. The zero-order valence-corrected chi connectivity index (χ0v) is 9.33. The van der Waals surface area contributed by atoms with E-state index in [0.717, 1.165) is 0 Å². The SMILES string of the molecule is CCOC(=O)C1(O)C=Cc2ccccc2N1O. The van der Waals surface area contributed by atoms with Crippen molar-refractivity contribution in [1.29, 1.82) is 0 Å². The number of hydrogen-bond acceptors (Lipinski definition) is 5. The molecule has 17 heavy (non-hydrogen) atoms. The first-order chi connectivity index (χ1) is 8.09. The Labute approximate surface area is 98.5 Å². The molecule has 1 aliphatic heterocycles. The molecule has 90 valence electrons. The van der Waals surface area contributed by atoms with Crippen LogP contribution in [0.4, 0.5) is 5.69 Å². The van der Waals surface area contributed by atoms with Crippen LogP contribution < -0.4 is 5.06 Å². The monoisotopic (exact) mass is 235 g/mol. The molecule has 0 bridgehead atoms. The van der Waals surface area contributed by atoms with Gasteiger partial charge in [0.2, 0.25) is 0 Å². The standard InChI is InChI=1S/C12H13NO4/c1-2-17-11(14)12(15)8-7-9-5-3-4-6-10(9)13(12)16/h3-8,15-16H,2H2,1H3. The van der Waals surface area contributed by atoms with Crippen molar-refractivity contribution in [1.82, 2.24) is 0 Å². The summed E-state index contributed by atoms with van der Waals surface area (Å²) in [5, 5.41) is 20.5. The second-order valence-electron chi connectivity index (χ2n) is 3.65. The summed E-state index contributed by atoms with van der Waals surface area (Å²) in [5.41, 5.74) is -1.10. The first-order valence-electron chi connectivity index (χ1n) is 5.26. The third-order valence-electron chi connectivity index (χ3n) is 2.56. The number of hydrogen-bond donors (Lipinski definition) is 2. The van der Waals surface area contributed by atoms with Crippen LogP contribution in [0, 0.1) is 0 Å². The minimum Gasteiger partial charge on any atom is -0.462 e. The molecule has 0 saturated carbocycles. The van der Waals surface area contributed by atoms with Crippen molar-refractivity contribution in [2.75, 3.05) is 11.7 Å². The highest BCUT2D eigenvalue weighted by Crippen LogP contribution is 2.32. The number of esters is 1. The van der Waals surface area contributed by atoms with Crippen molar-refractivity contribution in [3.63, 3.8) is 0 Å². The van der Waals surface area contributed by atoms with E-state index < -0.39 is 11.7 Å². The fourth-order valence-electron chi connectivity index (χ4n) is 1.67. The van der Waals surface area contributed by atoms with Gasteiger partial charge in [0.15, 0.2) is 0 Å². The molecule has 2 N–H and O–H groups in total. The first kappa shape index (κ1) is 11.6. The molecule has 1 aromatic carbocycles. The molecule has 2 rings (SSSR count). The van der Waals surface area contributed by atoms with Crippen molar-refractivity contribution in [3.05, 3.63) is 35.9 Å². The van der Waals surface area contributed by atoms with Crippen LogP contribution in [0.25, 0.3) is 6.08 Å². The number of ether oxygens (including phenoxy) is 1. The zero-order chi connectivity index (χ0) is 12.5. The molecule has 0 amide bonds. The Morgan fingerprint density at radius 1 is 1.47 bits per heavy atom. The van der Waals surface area contributed by atoms with E-state index >= 15 is 0 Å². The van der Waals surface area contributed by atoms with Gasteiger partial charge in [0, 0.05) is 5.56 Å². The topological polar surface area (TPSA) is 70.0 Å². The number of anilines is 1. The fourth-order valence-corrected chi connectivity index (χ4v) is 1.67. The highest BCUT2D eigenvalue weighted by Gasteiger charge is 2.44. The van der Waals surface area contributed by atoms with Crippen LogP contribution in [-0.2, 0) is 9.53 Å². The molecule has 1 aromatic rings. The Hall–Kier alpha value is -1.85. The zero-order valence-electron chi connectivity index (χ0n) is 9.33. The maximum absolute atomic E-state index is 11.6. The van der Waals surface area contributed by atoms with Gasteiger partial charge in [-0.15, -0.1) is 0 Å². The summed E-state index contributed by atoms with van der Waals surface area (Å²) in [6, 6.07) is 6.86. The Bertz CT molecular complexity index is 471. The fraction of sp³-hybridized carbons (Fsp3) is 0.250. The van der Waals surface area contributed by atoms with Gasteiger partial charge in [0.05, 0.1) is 12.3 Å². The molecule has 1 aliphatic rings. The van der Waals surface area contributed by atoms with E-state index in [1.807, 2.05) is 0 Å². The Morgan fingerprint density at radius 2 is 2.18 bits per heavy atom. The smallest absolute Gasteiger partial charge is 0.366 e. The largest absolute Gasteiger partial charge is 0.462 e. The van der Waals surface area contributed by atoms with Crippen LogP contribution in [0.3, 0.4) is 0 Å². The van der Waals surface area contributed by atoms with Gasteiger partial charge in [0.1, 0.15) is 0 Å². The molecule has 1 unspecified atom stereocenters. The number of hydroxylamine groups is 1. The molecular weight excluding hydrogens is 222 g/mol. The third-order valence-corrected chi connectivity index (χ3v) is 2.56. The highest BCUT2D eigenvalue weighted by atomic mass is 16.6. The van der Waals surface area contributed by atoms with Crippen LogP contribution in [-0.4, -0.2) is 28.6 Å². The summed E-state index contributed by atoms with van der Waals surface area (Å²) in [4.78, 5) is 11.6. The first-order valence-corrected chi connectivity index (χ1v) is 5.26. The number of nitrogens with zero attached hydrogens (tertiary/aromatic N) is 1. The van der Waals surface area contributed by atoms with E-state index in [9.17, 15) is 15.1 Å². The van der Waals surface area contributed by atoms with E-state index in [-0.39, 0.29) is 6.61 Å².